The van der Waals surface area contributed by atoms with Crippen LogP contribution >= 0.6 is 15.9 Å². The Labute approximate surface area is 194 Å². The second-order valence-corrected chi connectivity index (χ2v) is 9.00. The lowest BCUT2D eigenvalue weighted by molar-refractivity contribution is 0.0730. The highest BCUT2D eigenvalue weighted by molar-refractivity contribution is 9.10. The zero-order chi connectivity index (χ0) is 22.4. The van der Waals surface area contributed by atoms with Crippen LogP contribution in [-0.4, -0.2) is 31.1 Å². The predicted molar refractivity (Wildman–Crippen MR) is 125 cm³/mol. The Hall–Kier alpha value is -3.45. The summed E-state index contributed by atoms with van der Waals surface area (Å²) in [4.78, 5) is 19.5. The average Bonchev–Trinajstić information content (AvgIpc) is 3.28. The minimum Gasteiger partial charge on any atom is -0.507 e. The molecular formula is C25H21BrN4O2. The first kappa shape index (κ1) is 20.5. The molecule has 2 N–H and O–H groups in total. The number of pyridine rings is 1. The molecule has 5 rings (SSSR count). The molecule has 6 nitrogen and oxygen atoms in total. The number of benzene rings is 2. The van der Waals surface area contributed by atoms with Crippen molar-refractivity contribution in [1.29, 1.82) is 0 Å². The van der Waals surface area contributed by atoms with Crippen LogP contribution in [0.4, 0.5) is 0 Å². The molecule has 0 saturated carbocycles. The molecule has 0 fully saturated rings. The monoisotopic (exact) mass is 488 g/mol. The number of halogens is 1. The number of carbonyl (C=O) groups is 1. The Morgan fingerprint density at radius 1 is 1.16 bits per heavy atom. The van der Waals surface area contributed by atoms with Gasteiger partial charge in [-0.1, -0.05) is 40.2 Å². The van der Waals surface area contributed by atoms with E-state index in [0.717, 1.165) is 32.3 Å². The zero-order valence-electron chi connectivity index (χ0n) is 17.6. The van der Waals surface area contributed by atoms with Crippen LogP contribution in [0.15, 0.2) is 65.4 Å². The van der Waals surface area contributed by atoms with Crippen LogP contribution in [0.2, 0.25) is 0 Å². The van der Waals surface area contributed by atoms with E-state index in [4.69, 9.17) is 0 Å². The van der Waals surface area contributed by atoms with Crippen LogP contribution in [0, 0.1) is 13.8 Å². The first-order valence-electron chi connectivity index (χ1n) is 10.3. The number of phenolic OH excluding ortho intramolecular Hbond substituents is 1. The van der Waals surface area contributed by atoms with Crippen molar-refractivity contribution in [3.05, 3.63) is 98.9 Å². The lowest BCUT2D eigenvalue weighted by atomic mass is 9.93. The topological polar surface area (TPSA) is 82.1 Å². The molecule has 0 spiro atoms. The third kappa shape index (κ3) is 3.39. The molecule has 32 heavy (non-hydrogen) atoms. The summed E-state index contributed by atoms with van der Waals surface area (Å²) in [7, 11) is 0. The molecule has 0 radical (unpaired) electrons. The van der Waals surface area contributed by atoms with Crippen LogP contribution in [0.1, 0.15) is 44.3 Å². The fourth-order valence-electron chi connectivity index (χ4n) is 4.52. The van der Waals surface area contributed by atoms with Crippen LogP contribution < -0.4 is 0 Å². The van der Waals surface area contributed by atoms with Gasteiger partial charge in [0.15, 0.2) is 0 Å². The zero-order valence-corrected chi connectivity index (χ0v) is 19.2. The Morgan fingerprint density at radius 2 is 2.00 bits per heavy atom. The highest BCUT2D eigenvalue weighted by atomic mass is 79.9. The van der Waals surface area contributed by atoms with Crippen LogP contribution in [-0.2, 0) is 6.54 Å². The highest BCUT2D eigenvalue weighted by Gasteiger charge is 2.42. The van der Waals surface area contributed by atoms with E-state index in [-0.39, 0.29) is 17.7 Å². The summed E-state index contributed by atoms with van der Waals surface area (Å²) in [6.07, 6.45) is 3.49. The summed E-state index contributed by atoms with van der Waals surface area (Å²) in [5.41, 5.74) is 6.24. The molecule has 0 saturated heterocycles. The number of aryl methyl sites for hydroxylation is 2. The molecule has 1 aliphatic heterocycles. The van der Waals surface area contributed by atoms with Gasteiger partial charge in [-0.15, -0.1) is 0 Å². The van der Waals surface area contributed by atoms with E-state index in [1.54, 1.807) is 18.5 Å². The summed E-state index contributed by atoms with van der Waals surface area (Å²) in [6, 6.07) is 15.1. The molecule has 1 aliphatic rings. The predicted octanol–water partition coefficient (Wildman–Crippen LogP) is 5.30. The van der Waals surface area contributed by atoms with Crippen molar-refractivity contribution >= 4 is 21.8 Å². The van der Waals surface area contributed by atoms with Gasteiger partial charge in [0.05, 0.1) is 6.04 Å². The lowest BCUT2D eigenvalue weighted by Crippen LogP contribution is -2.29. The highest BCUT2D eigenvalue weighted by Crippen LogP contribution is 2.46. The van der Waals surface area contributed by atoms with Crippen LogP contribution in [0.25, 0.3) is 11.3 Å². The summed E-state index contributed by atoms with van der Waals surface area (Å²) in [5.74, 6) is 0.0276. The van der Waals surface area contributed by atoms with Crippen molar-refractivity contribution in [1.82, 2.24) is 20.1 Å². The number of H-pyrrole nitrogens is 1. The van der Waals surface area contributed by atoms with E-state index in [1.807, 2.05) is 61.2 Å². The number of amides is 1. The van der Waals surface area contributed by atoms with Crippen molar-refractivity contribution in [2.75, 3.05) is 0 Å². The van der Waals surface area contributed by atoms with E-state index in [1.165, 1.54) is 0 Å². The first-order valence-corrected chi connectivity index (χ1v) is 11.1. The van der Waals surface area contributed by atoms with E-state index in [2.05, 4.69) is 31.1 Å². The smallest absolute Gasteiger partial charge is 0.273 e. The van der Waals surface area contributed by atoms with Gasteiger partial charge < -0.3 is 10.0 Å². The van der Waals surface area contributed by atoms with Gasteiger partial charge in [0.2, 0.25) is 0 Å². The maximum absolute atomic E-state index is 13.5. The summed E-state index contributed by atoms with van der Waals surface area (Å²) in [5, 5.41) is 18.2. The molecule has 7 heteroatoms. The maximum atomic E-state index is 13.5. The van der Waals surface area contributed by atoms with E-state index >= 15 is 0 Å². The summed E-state index contributed by atoms with van der Waals surface area (Å²) >= 11 is 3.56. The first-order chi connectivity index (χ1) is 15.4. The number of aromatic hydroxyl groups is 1. The minimum atomic E-state index is -0.357. The van der Waals surface area contributed by atoms with Crippen molar-refractivity contribution in [2.45, 2.75) is 26.4 Å². The molecule has 1 unspecified atom stereocenters. The Kier molecular flexibility index (Phi) is 5.06. The molecule has 2 aromatic heterocycles. The number of phenols is 1. The molecular weight excluding hydrogens is 468 g/mol. The number of fused-ring (bicyclic) bond motifs is 1. The van der Waals surface area contributed by atoms with E-state index < -0.39 is 0 Å². The van der Waals surface area contributed by atoms with Gasteiger partial charge in [-0.05, 0) is 60.4 Å². The Balaban J connectivity index is 1.70. The quantitative estimate of drug-likeness (QED) is 0.408. The van der Waals surface area contributed by atoms with Gasteiger partial charge in [0, 0.05) is 34.5 Å². The van der Waals surface area contributed by atoms with Gasteiger partial charge in [-0.3, -0.25) is 14.9 Å². The van der Waals surface area contributed by atoms with Crippen molar-refractivity contribution in [3.8, 4) is 17.0 Å². The number of carbonyl (C=O) groups excluding carboxylic acids is 1. The van der Waals surface area contributed by atoms with Crippen molar-refractivity contribution < 1.29 is 9.90 Å². The van der Waals surface area contributed by atoms with Gasteiger partial charge in [0.1, 0.15) is 17.1 Å². The third-order valence-electron chi connectivity index (χ3n) is 5.80. The second kappa shape index (κ2) is 7.91. The molecule has 160 valence electrons. The molecule has 1 atom stereocenters. The number of aromatic nitrogens is 3. The van der Waals surface area contributed by atoms with Gasteiger partial charge in [-0.2, -0.15) is 5.10 Å². The van der Waals surface area contributed by atoms with Crippen molar-refractivity contribution in [3.63, 3.8) is 0 Å². The number of aromatic amines is 1. The third-order valence-corrected chi connectivity index (χ3v) is 6.29. The average molecular weight is 489 g/mol. The number of nitrogens with one attached hydrogen (secondary N) is 1. The fourth-order valence-corrected chi connectivity index (χ4v) is 4.93. The second-order valence-electron chi connectivity index (χ2n) is 8.09. The SMILES string of the molecule is Cc1cc(C)c(-c2n[nH]c3c2C(c2cccc(Br)c2)N(Cc2cccnc2)C3=O)c(O)c1. The largest absolute Gasteiger partial charge is 0.507 e. The standard InChI is InChI=1S/C25H21BrN4O2/c1-14-9-15(2)20(19(31)10-14)22-21-23(29-28-22)25(32)30(13-16-5-4-8-27-12-16)24(21)17-6-3-7-18(26)11-17/h3-12,24,31H,13H2,1-2H3,(H,28,29). The molecule has 3 heterocycles. The molecule has 2 aromatic carbocycles. The summed E-state index contributed by atoms with van der Waals surface area (Å²) < 4.78 is 0.927. The fraction of sp³-hybridized carbons (Fsp3) is 0.160. The van der Waals surface area contributed by atoms with E-state index in [9.17, 15) is 9.90 Å². The molecule has 1 amide bonds. The van der Waals surface area contributed by atoms with Gasteiger partial charge in [-0.25, -0.2) is 0 Å². The molecule has 0 bridgehead atoms. The minimum absolute atomic E-state index is 0.128. The number of hydrogen-bond acceptors (Lipinski definition) is 4. The van der Waals surface area contributed by atoms with Crippen molar-refractivity contribution in [2.24, 2.45) is 0 Å². The maximum Gasteiger partial charge on any atom is 0.273 e. The molecule has 0 aliphatic carbocycles. The normalized spacial score (nSPS) is 15.3. The number of rotatable bonds is 4. The Morgan fingerprint density at radius 3 is 2.72 bits per heavy atom. The lowest BCUT2D eigenvalue weighted by Gasteiger charge is -2.26. The number of hydrogen-bond donors (Lipinski definition) is 2. The molecule has 4 aromatic rings. The van der Waals surface area contributed by atoms with Crippen LogP contribution in [0.5, 0.6) is 5.75 Å². The van der Waals surface area contributed by atoms with Gasteiger partial charge >= 0.3 is 0 Å². The van der Waals surface area contributed by atoms with E-state index in [0.29, 0.717) is 23.5 Å². The number of nitrogens with zero attached hydrogens (tertiary/aromatic N) is 3. The Bertz CT molecular complexity index is 1310. The van der Waals surface area contributed by atoms with Crippen LogP contribution in [0.3, 0.4) is 0 Å². The van der Waals surface area contributed by atoms with Gasteiger partial charge in [0.25, 0.3) is 5.91 Å². The summed E-state index contributed by atoms with van der Waals surface area (Å²) in [6.45, 7) is 4.29.